The monoisotopic (exact) mass is 458 g/mol. The largest absolute Gasteiger partial charge is 0.497 e. The maximum Gasteiger partial charge on any atom is 0.232 e. The summed E-state index contributed by atoms with van der Waals surface area (Å²) in [5, 5.41) is 9.06. The van der Waals surface area contributed by atoms with Crippen LogP contribution in [0, 0.1) is 6.92 Å². The van der Waals surface area contributed by atoms with Crippen LogP contribution in [0.5, 0.6) is 5.75 Å². The van der Waals surface area contributed by atoms with Crippen LogP contribution in [-0.4, -0.2) is 32.6 Å². The van der Waals surface area contributed by atoms with Crippen LogP contribution in [0.2, 0.25) is 5.02 Å². The van der Waals surface area contributed by atoms with Gasteiger partial charge in [0.25, 0.3) is 0 Å². The molecule has 33 heavy (non-hydrogen) atoms. The summed E-state index contributed by atoms with van der Waals surface area (Å²) in [4.78, 5) is 17.9. The number of oxazole rings is 1. The van der Waals surface area contributed by atoms with Gasteiger partial charge in [-0.1, -0.05) is 23.7 Å². The fourth-order valence-corrected chi connectivity index (χ4v) is 4.03. The van der Waals surface area contributed by atoms with Crippen molar-refractivity contribution in [3.05, 3.63) is 94.7 Å². The number of hydrogen-bond donors (Lipinski definition) is 0. The molecule has 3 heterocycles. The van der Waals surface area contributed by atoms with Gasteiger partial charge in [-0.2, -0.15) is 10.2 Å². The molecule has 8 heteroatoms. The Labute approximate surface area is 194 Å². The summed E-state index contributed by atoms with van der Waals surface area (Å²) in [7, 11) is 1.60. The van der Waals surface area contributed by atoms with Crippen molar-refractivity contribution in [3.8, 4) is 17.2 Å². The molecule has 5 aromatic rings. The van der Waals surface area contributed by atoms with Crippen LogP contribution >= 0.6 is 11.6 Å². The molecule has 0 radical (unpaired) electrons. The number of methoxy groups -OCH3 is 1. The van der Waals surface area contributed by atoms with Crippen LogP contribution < -0.4 is 4.74 Å². The third kappa shape index (κ3) is 3.87. The molecule has 3 aromatic heterocycles. The van der Waals surface area contributed by atoms with Gasteiger partial charge < -0.3 is 13.7 Å². The van der Waals surface area contributed by atoms with E-state index in [-0.39, 0.29) is 11.5 Å². The van der Waals surface area contributed by atoms with Gasteiger partial charge in [0.15, 0.2) is 5.76 Å². The molecule has 0 spiro atoms. The molecular formula is C25H19ClN4O3. The molecule has 0 aliphatic heterocycles. The SMILES string of the molecule is COc1ccc2c(c1)c(C(=O)c1cnc(-c3ccnnc3)o1)c(C)n2Cc1ccc(Cl)cc1. The van der Waals surface area contributed by atoms with Crippen molar-refractivity contribution in [2.45, 2.75) is 13.5 Å². The van der Waals surface area contributed by atoms with E-state index in [2.05, 4.69) is 19.7 Å². The maximum absolute atomic E-state index is 13.6. The van der Waals surface area contributed by atoms with Gasteiger partial charge in [-0.3, -0.25) is 4.79 Å². The Kier molecular flexibility index (Phi) is 5.40. The molecule has 0 fully saturated rings. The zero-order chi connectivity index (χ0) is 22.9. The molecule has 0 amide bonds. The number of ether oxygens (including phenoxy) is 1. The minimum absolute atomic E-state index is 0.151. The molecule has 0 saturated carbocycles. The number of ketones is 1. The maximum atomic E-state index is 13.6. The van der Waals surface area contributed by atoms with E-state index in [4.69, 9.17) is 20.8 Å². The third-order valence-electron chi connectivity index (χ3n) is 5.57. The predicted octanol–water partition coefficient (Wildman–Crippen LogP) is 5.34. The highest BCUT2D eigenvalue weighted by Gasteiger charge is 2.25. The number of halogens is 1. The zero-order valence-electron chi connectivity index (χ0n) is 17.9. The van der Waals surface area contributed by atoms with Crippen molar-refractivity contribution in [1.29, 1.82) is 0 Å². The lowest BCUT2D eigenvalue weighted by Crippen LogP contribution is -2.05. The molecule has 164 valence electrons. The summed E-state index contributed by atoms with van der Waals surface area (Å²) in [6.45, 7) is 2.52. The number of aromatic nitrogens is 4. The minimum Gasteiger partial charge on any atom is -0.497 e. The molecule has 5 rings (SSSR count). The van der Waals surface area contributed by atoms with Gasteiger partial charge in [-0.25, -0.2) is 4.98 Å². The normalized spacial score (nSPS) is 11.1. The average molecular weight is 459 g/mol. The lowest BCUT2D eigenvalue weighted by Gasteiger charge is -2.09. The van der Waals surface area contributed by atoms with Crippen LogP contribution in [0.25, 0.3) is 22.4 Å². The number of carbonyl (C=O) groups excluding carboxylic acids is 1. The molecule has 0 unspecified atom stereocenters. The Morgan fingerprint density at radius 3 is 2.64 bits per heavy atom. The lowest BCUT2D eigenvalue weighted by molar-refractivity contribution is 0.101. The molecule has 0 aliphatic rings. The number of fused-ring (bicyclic) bond motifs is 1. The Bertz CT molecular complexity index is 1460. The van der Waals surface area contributed by atoms with E-state index in [1.807, 2.05) is 49.4 Å². The second-order valence-electron chi connectivity index (χ2n) is 7.55. The van der Waals surface area contributed by atoms with Gasteiger partial charge in [-0.15, -0.1) is 0 Å². The number of benzene rings is 2. The standard InChI is InChI=1S/C25H19ClN4O3/c1-15-23(24(31)22-13-27-25(33-22)17-9-10-28-29-12-17)20-11-19(32-2)7-8-21(20)30(15)14-16-3-5-18(26)6-4-16/h3-13H,14H2,1-2H3. The highest BCUT2D eigenvalue weighted by molar-refractivity contribution is 6.30. The van der Waals surface area contributed by atoms with Crippen molar-refractivity contribution in [2.24, 2.45) is 0 Å². The van der Waals surface area contributed by atoms with E-state index in [0.717, 1.165) is 22.2 Å². The molecule has 7 nitrogen and oxygen atoms in total. The first-order chi connectivity index (χ1) is 16.0. The Hall–Kier alpha value is -3.97. The average Bonchev–Trinajstić information content (AvgIpc) is 3.44. The molecule has 0 atom stereocenters. The first-order valence-electron chi connectivity index (χ1n) is 10.2. The summed E-state index contributed by atoms with van der Waals surface area (Å²) in [6, 6.07) is 15.1. The molecule has 0 aliphatic carbocycles. The number of hydrogen-bond acceptors (Lipinski definition) is 6. The van der Waals surface area contributed by atoms with Gasteiger partial charge in [0.1, 0.15) is 5.75 Å². The Balaban J connectivity index is 1.61. The van der Waals surface area contributed by atoms with Crippen molar-refractivity contribution in [2.75, 3.05) is 7.11 Å². The van der Waals surface area contributed by atoms with Gasteiger partial charge >= 0.3 is 0 Å². The highest BCUT2D eigenvalue weighted by atomic mass is 35.5. The van der Waals surface area contributed by atoms with E-state index < -0.39 is 0 Å². The Morgan fingerprint density at radius 1 is 1.09 bits per heavy atom. The fraction of sp³-hybridized carbons (Fsp3) is 0.120. The summed E-state index contributed by atoms with van der Waals surface area (Å²) < 4.78 is 13.3. The lowest BCUT2D eigenvalue weighted by atomic mass is 10.1. The number of rotatable bonds is 6. The quantitative estimate of drug-likeness (QED) is 0.319. The van der Waals surface area contributed by atoms with Crippen molar-refractivity contribution in [1.82, 2.24) is 19.7 Å². The number of nitrogens with zero attached hydrogens (tertiary/aromatic N) is 4. The molecular weight excluding hydrogens is 440 g/mol. The summed E-state index contributed by atoms with van der Waals surface area (Å²) in [6.07, 6.45) is 4.52. The first kappa shape index (κ1) is 20.9. The Morgan fingerprint density at radius 2 is 1.91 bits per heavy atom. The third-order valence-corrected chi connectivity index (χ3v) is 5.82. The topological polar surface area (TPSA) is 83.0 Å². The smallest absolute Gasteiger partial charge is 0.232 e. The van der Waals surface area contributed by atoms with Crippen LogP contribution in [0.4, 0.5) is 0 Å². The summed E-state index contributed by atoms with van der Waals surface area (Å²) in [5.74, 6) is 0.884. The second-order valence-corrected chi connectivity index (χ2v) is 7.98. The number of carbonyl (C=O) groups is 1. The molecule has 2 aromatic carbocycles. The highest BCUT2D eigenvalue weighted by Crippen LogP contribution is 2.32. The van der Waals surface area contributed by atoms with Crippen LogP contribution in [-0.2, 0) is 6.54 Å². The van der Waals surface area contributed by atoms with Gasteiger partial charge in [-0.05, 0) is 48.9 Å². The predicted molar refractivity (Wildman–Crippen MR) is 125 cm³/mol. The second kappa shape index (κ2) is 8.52. The van der Waals surface area contributed by atoms with Crippen molar-refractivity contribution >= 4 is 28.3 Å². The van der Waals surface area contributed by atoms with Gasteiger partial charge in [0.2, 0.25) is 11.7 Å². The molecule has 0 bridgehead atoms. The minimum atomic E-state index is -0.249. The van der Waals surface area contributed by atoms with E-state index in [1.165, 1.54) is 12.4 Å². The van der Waals surface area contributed by atoms with Gasteiger partial charge in [0, 0.05) is 28.2 Å². The first-order valence-corrected chi connectivity index (χ1v) is 10.6. The van der Waals surface area contributed by atoms with Crippen LogP contribution in [0.3, 0.4) is 0 Å². The van der Waals surface area contributed by atoms with E-state index in [0.29, 0.717) is 34.3 Å². The van der Waals surface area contributed by atoms with Gasteiger partial charge in [0.05, 0.1) is 36.8 Å². The van der Waals surface area contributed by atoms with E-state index in [1.54, 1.807) is 19.4 Å². The molecule has 0 saturated heterocycles. The van der Waals surface area contributed by atoms with Crippen LogP contribution in [0.15, 0.2) is 71.5 Å². The summed E-state index contributed by atoms with van der Waals surface area (Å²) >= 11 is 6.05. The molecule has 0 N–H and O–H groups in total. The van der Waals surface area contributed by atoms with E-state index >= 15 is 0 Å². The van der Waals surface area contributed by atoms with Crippen molar-refractivity contribution in [3.63, 3.8) is 0 Å². The van der Waals surface area contributed by atoms with E-state index in [9.17, 15) is 4.79 Å². The fourth-order valence-electron chi connectivity index (χ4n) is 3.90. The van der Waals surface area contributed by atoms with Crippen molar-refractivity contribution < 1.29 is 13.9 Å². The summed E-state index contributed by atoms with van der Waals surface area (Å²) in [5.41, 5.74) is 4.01. The van der Waals surface area contributed by atoms with Crippen LogP contribution in [0.1, 0.15) is 27.4 Å². The zero-order valence-corrected chi connectivity index (χ0v) is 18.7.